The van der Waals surface area contributed by atoms with Crippen LogP contribution in [0.5, 0.6) is 0 Å². The first kappa shape index (κ1) is 17.4. The van der Waals surface area contributed by atoms with Gasteiger partial charge in [0.2, 0.25) is 0 Å². The van der Waals surface area contributed by atoms with Crippen molar-refractivity contribution in [1.29, 1.82) is 0 Å². The highest BCUT2D eigenvalue weighted by Gasteiger charge is 2.42. The largest absolute Gasteiger partial charge is 0.391 e. The van der Waals surface area contributed by atoms with E-state index >= 15 is 0 Å². The van der Waals surface area contributed by atoms with Crippen molar-refractivity contribution in [1.82, 2.24) is 20.3 Å². The van der Waals surface area contributed by atoms with Crippen LogP contribution < -0.4 is 0 Å². The van der Waals surface area contributed by atoms with E-state index in [1.807, 2.05) is 30.3 Å². The number of benzene rings is 1. The van der Waals surface area contributed by atoms with Gasteiger partial charge in [-0.25, -0.2) is 0 Å². The summed E-state index contributed by atoms with van der Waals surface area (Å²) in [7, 11) is 1.62. The highest BCUT2D eigenvalue weighted by molar-refractivity contribution is 5.97. The van der Waals surface area contributed by atoms with Crippen molar-refractivity contribution < 1.29 is 18.0 Å². The number of halogens is 3. The van der Waals surface area contributed by atoms with E-state index in [4.69, 9.17) is 0 Å². The third-order valence-electron chi connectivity index (χ3n) is 4.83. The van der Waals surface area contributed by atoms with Crippen molar-refractivity contribution in [3.63, 3.8) is 0 Å². The number of carbonyl (C=O) groups excluding carboxylic acids is 1. The van der Waals surface area contributed by atoms with Crippen LogP contribution in [0.3, 0.4) is 0 Å². The fourth-order valence-electron chi connectivity index (χ4n) is 3.30. The molecular weight excluding hydrogens is 333 g/mol. The summed E-state index contributed by atoms with van der Waals surface area (Å²) in [6.07, 6.45) is -3.37. The van der Waals surface area contributed by atoms with Gasteiger partial charge in [0.05, 0.1) is 5.92 Å². The van der Waals surface area contributed by atoms with Crippen LogP contribution in [-0.2, 0) is 0 Å². The molecule has 0 atom stereocenters. The van der Waals surface area contributed by atoms with Crippen LogP contribution in [-0.4, -0.2) is 45.5 Å². The number of nitrogens with one attached hydrogen (secondary N) is 1. The number of H-pyrrole nitrogens is 1. The van der Waals surface area contributed by atoms with Crippen LogP contribution in [0, 0.1) is 5.92 Å². The highest BCUT2D eigenvalue weighted by Crippen LogP contribution is 2.38. The van der Waals surface area contributed by atoms with E-state index in [1.165, 1.54) is 4.90 Å². The Labute approximate surface area is 143 Å². The second-order valence-electron chi connectivity index (χ2n) is 6.35. The second kappa shape index (κ2) is 6.85. The number of rotatable bonds is 3. The molecule has 0 spiro atoms. The molecule has 1 aromatic heterocycles. The van der Waals surface area contributed by atoms with E-state index in [-0.39, 0.29) is 30.5 Å². The lowest BCUT2D eigenvalue weighted by Crippen LogP contribution is -2.41. The number of aromatic nitrogens is 3. The number of hydrogen-bond acceptors (Lipinski definition) is 3. The van der Waals surface area contributed by atoms with Crippen LogP contribution in [0.4, 0.5) is 13.2 Å². The van der Waals surface area contributed by atoms with Crippen molar-refractivity contribution in [2.45, 2.75) is 37.9 Å². The normalized spacial score (nSPS) is 21.1. The van der Waals surface area contributed by atoms with Crippen LogP contribution in [0.2, 0.25) is 0 Å². The summed E-state index contributed by atoms with van der Waals surface area (Å²) < 4.78 is 38.4. The molecule has 1 fully saturated rings. The number of amides is 1. The summed E-state index contributed by atoms with van der Waals surface area (Å²) >= 11 is 0. The van der Waals surface area contributed by atoms with Crippen molar-refractivity contribution in [2.75, 3.05) is 7.05 Å². The quantitative estimate of drug-likeness (QED) is 0.917. The number of carbonyl (C=O) groups is 1. The van der Waals surface area contributed by atoms with Crippen molar-refractivity contribution in [3.05, 3.63) is 36.0 Å². The van der Waals surface area contributed by atoms with Crippen molar-refractivity contribution in [2.24, 2.45) is 5.92 Å². The van der Waals surface area contributed by atoms with Gasteiger partial charge in [0, 0.05) is 18.7 Å². The number of aromatic amines is 1. The number of nitrogens with zero attached hydrogens (tertiary/aromatic N) is 3. The molecule has 0 bridgehead atoms. The summed E-state index contributed by atoms with van der Waals surface area (Å²) in [5.74, 6) is -1.60. The zero-order valence-electron chi connectivity index (χ0n) is 13.8. The van der Waals surface area contributed by atoms with E-state index in [2.05, 4.69) is 15.4 Å². The van der Waals surface area contributed by atoms with Gasteiger partial charge in [-0.15, -0.1) is 0 Å². The summed E-state index contributed by atoms with van der Waals surface area (Å²) in [4.78, 5) is 14.3. The lowest BCUT2D eigenvalue weighted by atomic mass is 9.85. The van der Waals surface area contributed by atoms with Gasteiger partial charge >= 0.3 is 6.18 Å². The molecule has 25 heavy (non-hydrogen) atoms. The number of alkyl halides is 3. The molecule has 0 radical (unpaired) electrons. The van der Waals surface area contributed by atoms with Crippen LogP contribution in [0.1, 0.15) is 36.2 Å². The first-order valence-electron chi connectivity index (χ1n) is 8.18. The Morgan fingerprint density at radius 1 is 1.12 bits per heavy atom. The maximum absolute atomic E-state index is 12.8. The van der Waals surface area contributed by atoms with E-state index < -0.39 is 12.1 Å². The average Bonchev–Trinajstić information content (AvgIpc) is 3.10. The Balaban J connectivity index is 1.72. The maximum Gasteiger partial charge on any atom is 0.391 e. The molecule has 2 aromatic rings. The molecule has 3 rings (SSSR count). The van der Waals surface area contributed by atoms with Gasteiger partial charge < -0.3 is 4.90 Å². The Hall–Kier alpha value is -2.38. The molecule has 5 nitrogen and oxygen atoms in total. The summed E-state index contributed by atoms with van der Waals surface area (Å²) in [6, 6.07) is 8.95. The van der Waals surface area contributed by atoms with E-state index in [9.17, 15) is 18.0 Å². The Kier molecular flexibility index (Phi) is 4.78. The minimum absolute atomic E-state index is 0.0517. The smallest absolute Gasteiger partial charge is 0.337 e. The SMILES string of the molecule is CN(C(=O)c1n[nH]nc1-c1ccccc1)C1CCC(C(F)(F)F)CC1. The highest BCUT2D eigenvalue weighted by atomic mass is 19.4. The van der Waals surface area contributed by atoms with Crippen LogP contribution in [0.15, 0.2) is 30.3 Å². The van der Waals surface area contributed by atoms with Gasteiger partial charge in [-0.05, 0) is 25.7 Å². The molecule has 0 saturated heterocycles. The average molecular weight is 352 g/mol. The fourth-order valence-corrected chi connectivity index (χ4v) is 3.30. The lowest BCUT2D eigenvalue weighted by molar-refractivity contribution is -0.183. The Bertz CT molecular complexity index is 721. The molecule has 8 heteroatoms. The van der Waals surface area contributed by atoms with Crippen LogP contribution >= 0.6 is 0 Å². The third-order valence-corrected chi connectivity index (χ3v) is 4.83. The van der Waals surface area contributed by atoms with Gasteiger partial charge in [0.25, 0.3) is 5.91 Å². The van der Waals surface area contributed by atoms with Crippen molar-refractivity contribution >= 4 is 5.91 Å². The first-order valence-corrected chi connectivity index (χ1v) is 8.18. The molecule has 1 N–H and O–H groups in total. The van der Waals surface area contributed by atoms with E-state index in [0.717, 1.165) is 5.56 Å². The summed E-state index contributed by atoms with van der Waals surface area (Å²) in [6.45, 7) is 0. The molecular formula is C17H19F3N4O. The third kappa shape index (κ3) is 3.67. The van der Waals surface area contributed by atoms with Gasteiger partial charge in [-0.3, -0.25) is 4.79 Å². The monoisotopic (exact) mass is 352 g/mol. The molecule has 1 aliphatic carbocycles. The van der Waals surface area contributed by atoms with Gasteiger partial charge in [0.1, 0.15) is 5.69 Å². The maximum atomic E-state index is 12.8. The molecule has 0 unspecified atom stereocenters. The fraction of sp³-hybridized carbons (Fsp3) is 0.471. The predicted molar refractivity (Wildman–Crippen MR) is 85.7 cm³/mol. The number of hydrogen-bond donors (Lipinski definition) is 1. The van der Waals surface area contributed by atoms with Gasteiger partial charge in [0.15, 0.2) is 5.69 Å². The lowest BCUT2D eigenvalue weighted by Gasteiger charge is -2.35. The standard InChI is InChI=1S/C17H19F3N4O/c1-24(13-9-7-12(8-10-13)17(18,19)20)16(25)15-14(21-23-22-15)11-5-3-2-4-6-11/h2-6,12-13H,7-10H2,1H3,(H,21,22,23). The van der Waals surface area contributed by atoms with E-state index in [1.54, 1.807) is 7.05 Å². The Morgan fingerprint density at radius 3 is 2.36 bits per heavy atom. The second-order valence-corrected chi connectivity index (χ2v) is 6.35. The predicted octanol–water partition coefficient (Wildman–Crippen LogP) is 3.66. The molecule has 1 saturated carbocycles. The molecule has 1 heterocycles. The molecule has 134 valence electrons. The topological polar surface area (TPSA) is 61.9 Å². The summed E-state index contributed by atoms with van der Waals surface area (Å²) in [5, 5.41) is 10.5. The first-order chi connectivity index (χ1) is 11.9. The zero-order valence-corrected chi connectivity index (χ0v) is 13.8. The minimum Gasteiger partial charge on any atom is -0.337 e. The molecule has 0 aliphatic heterocycles. The Morgan fingerprint density at radius 2 is 1.76 bits per heavy atom. The zero-order chi connectivity index (χ0) is 18.0. The van der Waals surface area contributed by atoms with Crippen LogP contribution in [0.25, 0.3) is 11.3 Å². The van der Waals surface area contributed by atoms with E-state index in [0.29, 0.717) is 18.5 Å². The van der Waals surface area contributed by atoms with Crippen molar-refractivity contribution in [3.8, 4) is 11.3 Å². The molecule has 1 amide bonds. The molecule has 1 aliphatic rings. The summed E-state index contributed by atoms with van der Waals surface area (Å²) in [5.41, 5.74) is 1.39. The molecule has 1 aromatic carbocycles. The minimum atomic E-state index is -4.15. The van der Waals surface area contributed by atoms with Gasteiger partial charge in [-0.1, -0.05) is 30.3 Å². The van der Waals surface area contributed by atoms with Gasteiger partial charge in [-0.2, -0.15) is 28.6 Å².